The Hall–Kier alpha value is -2.58. The first-order valence-electron chi connectivity index (χ1n) is 11.6. The van der Waals surface area contributed by atoms with Crippen molar-refractivity contribution in [3.63, 3.8) is 0 Å². The number of hydrogen-bond donors (Lipinski definition) is 3. The maximum atomic E-state index is 11.6. The third-order valence-electron chi connectivity index (χ3n) is 4.66. The Bertz CT molecular complexity index is 571. The highest BCUT2D eigenvalue weighted by Gasteiger charge is 2.22. The smallest absolute Gasteiger partial charge is 0.329 e. The fraction of sp³-hybridized carbons (Fsp3) is 0.739. The largest absolute Gasteiger partial charge is 0.481 e. The van der Waals surface area contributed by atoms with Crippen LogP contribution < -0.4 is 5.32 Å². The molecule has 0 heterocycles. The highest BCUT2D eigenvalue weighted by atomic mass is 16.7. The summed E-state index contributed by atoms with van der Waals surface area (Å²) in [7, 11) is 0. The lowest BCUT2D eigenvalue weighted by Crippen LogP contribution is -2.38. The van der Waals surface area contributed by atoms with Crippen LogP contribution in [0.3, 0.4) is 0 Å². The molecule has 0 aromatic heterocycles. The van der Waals surface area contributed by atoms with Gasteiger partial charge in [-0.1, -0.05) is 71.3 Å². The fourth-order valence-electron chi connectivity index (χ4n) is 2.83. The molecule has 1 aliphatic carbocycles. The number of carbonyl (C=O) groups is 4. The molecule has 1 rings (SSSR count). The van der Waals surface area contributed by atoms with E-state index in [2.05, 4.69) is 19.2 Å². The molecule has 0 bridgehead atoms. The van der Waals surface area contributed by atoms with Crippen molar-refractivity contribution in [1.29, 1.82) is 0 Å². The second-order valence-electron chi connectivity index (χ2n) is 7.69. The molecular weight excluding hydrogens is 418 g/mol. The van der Waals surface area contributed by atoms with Crippen LogP contribution in [0.2, 0.25) is 0 Å². The van der Waals surface area contributed by atoms with E-state index in [-0.39, 0.29) is 0 Å². The Labute approximate surface area is 190 Å². The molecule has 1 aliphatic rings. The quantitative estimate of drug-likeness (QED) is 0.259. The Morgan fingerprint density at radius 1 is 0.812 bits per heavy atom. The topological polar surface area (TPSA) is 139 Å². The van der Waals surface area contributed by atoms with Gasteiger partial charge in [-0.25, -0.2) is 0 Å². The summed E-state index contributed by atoms with van der Waals surface area (Å²) in [4.78, 5) is 44.6. The van der Waals surface area contributed by atoms with Gasteiger partial charge in [-0.3, -0.25) is 19.2 Å². The van der Waals surface area contributed by atoms with E-state index in [1.54, 1.807) is 0 Å². The zero-order valence-corrected chi connectivity index (χ0v) is 19.4. The second-order valence-corrected chi connectivity index (χ2v) is 7.69. The Morgan fingerprint density at radius 2 is 1.25 bits per heavy atom. The number of aliphatic carboxylic acids is 2. The zero-order valence-electron chi connectivity index (χ0n) is 19.4. The highest BCUT2D eigenvalue weighted by molar-refractivity contribution is 5.91. The van der Waals surface area contributed by atoms with Crippen molar-refractivity contribution in [2.45, 2.75) is 110 Å². The second kappa shape index (κ2) is 19.1. The zero-order chi connectivity index (χ0) is 24.2. The normalized spacial score (nSPS) is 16.7. The van der Waals surface area contributed by atoms with Gasteiger partial charge in [0.25, 0.3) is 0 Å². The highest BCUT2D eigenvalue weighted by Crippen LogP contribution is 2.16. The Morgan fingerprint density at radius 3 is 1.69 bits per heavy atom. The molecule has 32 heavy (non-hydrogen) atoms. The summed E-state index contributed by atoms with van der Waals surface area (Å²) >= 11 is 0. The Balaban J connectivity index is 0.00000220. The molecule has 0 radical (unpaired) electrons. The van der Waals surface area contributed by atoms with E-state index >= 15 is 0 Å². The van der Waals surface area contributed by atoms with Crippen LogP contribution in [-0.4, -0.2) is 40.5 Å². The van der Waals surface area contributed by atoms with Gasteiger partial charge < -0.3 is 25.0 Å². The predicted molar refractivity (Wildman–Crippen MR) is 118 cm³/mol. The lowest BCUT2D eigenvalue weighted by atomic mass is 10.0. The number of carboxylic acid groups (broad SMARTS) is 2. The van der Waals surface area contributed by atoms with Crippen molar-refractivity contribution in [1.82, 2.24) is 5.32 Å². The molecule has 0 fully saturated rings. The third kappa shape index (κ3) is 18.2. The van der Waals surface area contributed by atoms with E-state index in [0.717, 1.165) is 44.2 Å². The summed E-state index contributed by atoms with van der Waals surface area (Å²) in [5, 5.41) is 20.2. The summed E-state index contributed by atoms with van der Waals surface area (Å²) < 4.78 is 9.76. The molecule has 0 unspecified atom stereocenters. The van der Waals surface area contributed by atoms with Crippen molar-refractivity contribution in [2.75, 3.05) is 0 Å². The standard InChI is InChI=1S/C19H29NO8.C4H10/c21-15(22)12-17(25)27-19(28-18(26)13-16(23)24)20-14-10-8-6-4-2-1-3-5-7-9-11-14;1-3-4-2/h10,19-20H,1-9,11-13H2,(H,21,22)(H,23,24);3-4H2,1-2H3/b14-10-;. The van der Waals surface area contributed by atoms with E-state index in [4.69, 9.17) is 19.7 Å². The molecule has 0 atom stereocenters. The van der Waals surface area contributed by atoms with Crippen molar-refractivity contribution < 1.29 is 38.9 Å². The number of esters is 2. The van der Waals surface area contributed by atoms with Gasteiger partial charge in [-0.2, -0.15) is 0 Å². The maximum absolute atomic E-state index is 11.6. The number of hydrogen-bond acceptors (Lipinski definition) is 7. The van der Waals surface area contributed by atoms with E-state index in [1.165, 1.54) is 32.1 Å². The van der Waals surface area contributed by atoms with Crippen molar-refractivity contribution in [3.8, 4) is 0 Å². The van der Waals surface area contributed by atoms with Crippen LogP contribution >= 0.6 is 0 Å². The van der Waals surface area contributed by atoms with Gasteiger partial charge in [0, 0.05) is 5.70 Å². The van der Waals surface area contributed by atoms with Gasteiger partial charge in [0.15, 0.2) is 0 Å². The van der Waals surface area contributed by atoms with Crippen LogP contribution in [0.25, 0.3) is 0 Å². The third-order valence-corrected chi connectivity index (χ3v) is 4.66. The number of allylic oxidation sites excluding steroid dienone is 2. The van der Waals surface area contributed by atoms with E-state index < -0.39 is 43.1 Å². The van der Waals surface area contributed by atoms with Crippen LogP contribution in [-0.2, 0) is 28.7 Å². The van der Waals surface area contributed by atoms with E-state index in [9.17, 15) is 19.2 Å². The first kappa shape index (κ1) is 29.4. The van der Waals surface area contributed by atoms with Crippen molar-refractivity contribution in [2.24, 2.45) is 0 Å². The molecule has 9 heteroatoms. The number of carbonyl (C=O) groups excluding carboxylic acids is 2. The number of ether oxygens (including phenoxy) is 2. The van der Waals surface area contributed by atoms with Crippen LogP contribution in [0.1, 0.15) is 104 Å². The summed E-state index contributed by atoms with van der Waals surface area (Å²) in [6.07, 6.45) is 11.5. The van der Waals surface area contributed by atoms with Crippen LogP contribution in [0.4, 0.5) is 0 Å². The Kier molecular flexibility index (Phi) is 17.6. The minimum atomic E-state index is -1.57. The molecule has 0 spiro atoms. The van der Waals surface area contributed by atoms with Gasteiger partial charge in [0.2, 0.25) is 0 Å². The minimum Gasteiger partial charge on any atom is -0.481 e. The molecule has 0 saturated heterocycles. The van der Waals surface area contributed by atoms with Crippen LogP contribution in [0.5, 0.6) is 0 Å². The van der Waals surface area contributed by atoms with Gasteiger partial charge >= 0.3 is 30.3 Å². The number of rotatable bonds is 9. The summed E-state index contributed by atoms with van der Waals surface area (Å²) in [5.74, 6) is -4.96. The lowest BCUT2D eigenvalue weighted by Gasteiger charge is -2.22. The molecule has 184 valence electrons. The average Bonchev–Trinajstić information content (AvgIpc) is 2.68. The summed E-state index contributed by atoms with van der Waals surface area (Å²) in [6, 6.07) is 0. The molecule has 0 amide bonds. The average molecular weight is 458 g/mol. The van der Waals surface area contributed by atoms with Gasteiger partial charge in [-0.05, 0) is 25.7 Å². The van der Waals surface area contributed by atoms with E-state index in [0.29, 0.717) is 6.42 Å². The molecule has 0 aromatic carbocycles. The predicted octanol–water partition coefficient (Wildman–Crippen LogP) is 4.50. The molecule has 0 aliphatic heterocycles. The molecule has 0 aromatic rings. The molecular formula is C23H39NO8. The SMILES string of the molecule is CCCC.O=C(O)CC(=O)OC(N/C1=C\CCCCCCCCCC1)OC(=O)CC(=O)O. The maximum Gasteiger partial charge on any atom is 0.329 e. The molecule has 0 saturated carbocycles. The summed E-state index contributed by atoms with van der Waals surface area (Å²) in [6.45, 7) is 4.36. The fourth-order valence-corrected chi connectivity index (χ4v) is 2.83. The number of unbranched alkanes of at least 4 members (excludes halogenated alkanes) is 1. The van der Waals surface area contributed by atoms with Gasteiger partial charge in [0.05, 0.1) is 0 Å². The van der Waals surface area contributed by atoms with Crippen LogP contribution in [0.15, 0.2) is 11.8 Å². The van der Waals surface area contributed by atoms with Gasteiger partial charge in [0.1, 0.15) is 12.8 Å². The van der Waals surface area contributed by atoms with Crippen molar-refractivity contribution >= 4 is 23.9 Å². The molecule has 3 N–H and O–H groups in total. The van der Waals surface area contributed by atoms with Crippen LogP contribution in [0, 0.1) is 0 Å². The first-order valence-corrected chi connectivity index (χ1v) is 11.6. The lowest BCUT2D eigenvalue weighted by molar-refractivity contribution is -0.193. The summed E-state index contributed by atoms with van der Waals surface area (Å²) in [5.41, 5.74) is 0.719. The molecule has 9 nitrogen and oxygen atoms in total. The number of nitrogens with one attached hydrogen (secondary N) is 1. The monoisotopic (exact) mass is 457 g/mol. The van der Waals surface area contributed by atoms with Crippen molar-refractivity contribution in [3.05, 3.63) is 11.8 Å². The first-order chi connectivity index (χ1) is 15.3. The van der Waals surface area contributed by atoms with Gasteiger partial charge in [-0.15, -0.1) is 0 Å². The number of carboxylic acids is 2. The minimum absolute atomic E-state index is 0.656. The van der Waals surface area contributed by atoms with E-state index in [1.807, 2.05) is 6.08 Å².